The Balaban J connectivity index is 1.78. The Hall–Kier alpha value is -1.25. The van der Waals surface area contributed by atoms with Crippen molar-refractivity contribution in [3.05, 3.63) is 35.6 Å². The van der Waals surface area contributed by atoms with Gasteiger partial charge < -0.3 is 39.0 Å². The van der Waals surface area contributed by atoms with Gasteiger partial charge in [-0.1, -0.05) is 19.1 Å². The molecule has 0 bridgehead atoms. The van der Waals surface area contributed by atoms with E-state index >= 15 is 0 Å². The fourth-order valence-electron chi connectivity index (χ4n) is 4.45. The summed E-state index contributed by atoms with van der Waals surface area (Å²) in [6, 6.07) is 7.58. The Morgan fingerprint density at radius 2 is 1.79 bits per heavy atom. The smallest absolute Gasteiger partial charge is 0.347 e. The molecular formula is C23H32O10S. The molecule has 3 aliphatic heterocycles. The first kappa shape index (κ1) is 25.8. The van der Waals surface area contributed by atoms with E-state index in [2.05, 4.69) is 4.89 Å². The van der Waals surface area contributed by atoms with E-state index in [0.717, 1.165) is 28.1 Å². The minimum atomic E-state index is -1.80. The quantitative estimate of drug-likeness (QED) is 0.276. The molecule has 11 heteroatoms. The summed E-state index contributed by atoms with van der Waals surface area (Å²) in [6.45, 7) is 7.14. The van der Waals surface area contributed by atoms with E-state index in [1.165, 1.54) is 7.11 Å². The monoisotopic (exact) mass is 500 g/mol. The second kappa shape index (κ2) is 10.0. The fraction of sp³-hybridized carbons (Fsp3) is 0.652. The third-order valence-corrected chi connectivity index (χ3v) is 6.83. The van der Waals surface area contributed by atoms with Crippen LogP contribution in [0.5, 0.6) is 0 Å². The number of aliphatic hydroxyl groups is 3. The molecule has 34 heavy (non-hydrogen) atoms. The third-order valence-electron chi connectivity index (χ3n) is 6.16. The normalized spacial score (nSPS) is 37.6. The van der Waals surface area contributed by atoms with Gasteiger partial charge in [0.2, 0.25) is 0 Å². The molecule has 6 unspecified atom stereocenters. The van der Waals surface area contributed by atoms with Crippen LogP contribution in [0.4, 0.5) is 0 Å². The Bertz CT molecular complexity index is 892. The highest BCUT2D eigenvalue weighted by Crippen LogP contribution is 2.55. The van der Waals surface area contributed by atoms with Crippen molar-refractivity contribution in [3.8, 4) is 0 Å². The van der Waals surface area contributed by atoms with Crippen molar-refractivity contribution in [2.24, 2.45) is 0 Å². The predicted octanol–water partition coefficient (Wildman–Crippen LogP) is 2.11. The zero-order valence-electron chi connectivity index (χ0n) is 19.8. The zero-order chi connectivity index (χ0) is 24.7. The van der Waals surface area contributed by atoms with Crippen LogP contribution in [0, 0.1) is 0 Å². The van der Waals surface area contributed by atoms with Crippen molar-refractivity contribution in [1.29, 1.82) is 0 Å². The minimum Gasteiger partial charge on any atom is -0.487 e. The highest BCUT2D eigenvalue weighted by atomic mass is 32.2. The molecule has 2 saturated heterocycles. The maximum Gasteiger partial charge on any atom is 0.347 e. The van der Waals surface area contributed by atoms with Gasteiger partial charge in [0.05, 0.1) is 31.9 Å². The van der Waals surface area contributed by atoms with Crippen molar-refractivity contribution >= 4 is 17.6 Å². The number of ether oxygens (including phenoxy) is 5. The van der Waals surface area contributed by atoms with Crippen LogP contribution in [0.1, 0.15) is 39.7 Å². The van der Waals surface area contributed by atoms with Crippen LogP contribution in [0.2, 0.25) is 0 Å². The molecule has 3 N–H and O–H groups in total. The minimum absolute atomic E-state index is 0.249. The van der Waals surface area contributed by atoms with Crippen LogP contribution >= 0.6 is 12.0 Å². The number of hydrogen-bond acceptors (Lipinski definition) is 11. The van der Waals surface area contributed by atoms with Crippen LogP contribution in [-0.2, 0) is 32.9 Å². The van der Waals surface area contributed by atoms with Gasteiger partial charge in [-0.25, -0.2) is 4.89 Å². The molecule has 1 aromatic carbocycles. The number of aliphatic hydroxyl groups excluding tert-OH is 3. The van der Waals surface area contributed by atoms with Crippen molar-refractivity contribution in [2.75, 3.05) is 13.7 Å². The van der Waals surface area contributed by atoms with Gasteiger partial charge in [0.1, 0.15) is 30.0 Å². The molecule has 4 rings (SSSR count). The van der Waals surface area contributed by atoms with Gasteiger partial charge in [-0.2, -0.15) is 4.33 Å². The van der Waals surface area contributed by atoms with Crippen molar-refractivity contribution < 1.29 is 48.2 Å². The molecule has 2 fully saturated rings. The lowest BCUT2D eigenvalue weighted by Gasteiger charge is -2.36. The maximum absolute atomic E-state index is 10.7. The van der Waals surface area contributed by atoms with Gasteiger partial charge >= 0.3 is 5.97 Å². The van der Waals surface area contributed by atoms with Crippen molar-refractivity contribution in [2.45, 2.75) is 87.4 Å². The SMILES string of the molecule is CC[C@]1(C)OC2(OC3C(O)OC(CO)C(O)C3O2)C(OC(C)C)=C1c1ccc(SOOC)cc1. The van der Waals surface area contributed by atoms with Crippen LogP contribution in [0.15, 0.2) is 34.9 Å². The molecule has 7 atom stereocenters. The molecule has 3 aliphatic rings. The molecule has 0 aromatic heterocycles. The summed E-state index contributed by atoms with van der Waals surface area (Å²) >= 11 is 1.08. The molecule has 1 spiro atoms. The molecule has 190 valence electrons. The first-order valence-electron chi connectivity index (χ1n) is 11.3. The lowest BCUT2D eigenvalue weighted by molar-refractivity contribution is -0.351. The highest BCUT2D eigenvalue weighted by molar-refractivity contribution is 7.94. The van der Waals surface area contributed by atoms with Crippen LogP contribution < -0.4 is 0 Å². The van der Waals surface area contributed by atoms with E-state index in [0.29, 0.717) is 12.2 Å². The Morgan fingerprint density at radius 1 is 1.12 bits per heavy atom. The summed E-state index contributed by atoms with van der Waals surface area (Å²) in [4.78, 5) is 5.48. The van der Waals surface area contributed by atoms with E-state index in [9.17, 15) is 15.3 Å². The standard InChI is InChI=1S/C23H32O10S/c1-6-22(4)16(13-7-9-14(10-8-13)34-33-27-5)20(28-12(2)3)23(32-22)30-18-17(25)15(11-24)29-21(26)19(18)31-23/h7-10,12,15,17-19,21,24-26H,6,11H2,1-5H3/t15?,17?,18?,19?,21?,22-,23?/m0/s1. The maximum atomic E-state index is 10.7. The Kier molecular flexibility index (Phi) is 7.61. The van der Waals surface area contributed by atoms with Crippen LogP contribution in [-0.4, -0.2) is 77.4 Å². The number of hydrogen-bond donors (Lipinski definition) is 3. The largest absolute Gasteiger partial charge is 0.487 e. The fourth-order valence-corrected chi connectivity index (χ4v) is 4.84. The van der Waals surface area contributed by atoms with Crippen LogP contribution in [0.3, 0.4) is 0 Å². The van der Waals surface area contributed by atoms with Gasteiger partial charge in [0, 0.05) is 10.5 Å². The lowest BCUT2D eigenvalue weighted by atomic mass is 9.88. The van der Waals surface area contributed by atoms with Gasteiger partial charge in [0.25, 0.3) is 0 Å². The molecule has 3 heterocycles. The summed E-state index contributed by atoms with van der Waals surface area (Å²) in [6.07, 6.45) is -5.43. The van der Waals surface area contributed by atoms with E-state index in [4.69, 9.17) is 28.0 Å². The average Bonchev–Trinajstić information content (AvgIpc) is 3.31. The molecular weight excluding hydrogens is 468 g/mol. The molecule has 0 saturated carbocycles. The van der Waals surface area contributed by atoms with Gasteiger partial charge in [0.15, 0.2) is 12.0 Å². The molecule has 10 nitrogen and oxygen atoms in total. The molecule has 0 amide bonds. The lowest BCUT2D eigenvalue weighted by Crippen LogP contribution is -2.57. The van der Waals surface area contributed by atoms with Crippen LogP contribution in [0.25, 0.3) is 5.57 Å². The summed E-state index contributed by atoms with van der Waals surface area (Å²) in [5.74, 6) is -1.49. The van der Waals surface area contributed by atoms with E-state index in [1.807, 2.05) is 52.0 Å². The zero-order valence-corrected chi connectivity index (χ0v) is 20.6. The second-order valence-electron chi connectivity index (χ2n) is 8.86. The topological polar surface area (TPSA) is 125 Å². The number of rotatable bonds is 8. The Morgan fingerprint density at radius 3 is 2.38 bits per heavy atom. The summed E-state index contributed by atoms with van der Waals surface area (Å²) < 4.78 is 35.3. The highest BCUT2D eigenvalue weighted by Gasteiger charge is 2.67. The summed E-state index contributed by atoms with van der Waals surface area (Å²) in [5.41, 5.74) is 0.684. The van der Waals surface area contributed by atoms with Gasteiger partial charge in [-0.3, -0.25) is 0 Å². The predicted molar refractivity (Wildman–Crippen MR) is 120 cm³/mol. The first-order valence-corrected chi connectivity index (χ1v) is 12.0. The van der Waals surface area contributed by atoms with Crippen molar-refractivity contribution in [3.63, 3.8) is 0 Å². The van der Waals surface area contributed by atoms with Gasteiger partial charge in [-0.05, 0) is 44.9 Å². The third kappa shape index (κ3) is 4.50. The molecule has 1 aromatic rings. The summed E-state index contributed by atoms with van der Waals surface area (Å²) in [7, 11) is 1.44. The molecule has 0 aliphatic carbocycles. The number of benzene rings is 1. The first-order chi connectivity index (χ1) is 16.2. The second-order valence-corrected chi connectivity index (χ2v) is 9.63. The van der Waals surface area contributed by atoms with E-state index in [1.54, 1.807) is 0 Å². The Labute approximate surface area is 202 Å². The van der Waals surface area contributed by atoms with Gasteiger partial charge in [-0.15, -0.1) is 0 Å². The van der Waals surface area contributed by atoms with E-state index in [-0.39, 0.29) is 6.10 Å². The average molecular weight is 501 g/mol. The molecule has 0 radical (unpaired) electrons. The number of fused-ring (bicyclic) bond motifs is 1. The van der Waals surface area contributed by atoms with E-state index < -0.39 is 48.9 Å². The van der Waals surface area contributed by atoms with Crippen molar-refractivity contribution in [1.82, 2.24) is 0 Å². The summed E-state index contributed by atoms with van der Waals surface area (Å²) in [5, 5.41) is 30.7.